The molecule has 7 nitrogen and oxygen atoms in total. The maximum Gasteiger partial charge on any atom is 0.254 e. The molecule has 1 aliphatic heterocycles. The topological polar surface area (TPSA) is 81.4 Å². The molecular formula is C17H22N4O3. The molecule has 2 aromatic rings. The van der Waals surface area contributed by atoms with Crippen molar-refractivity contribution in [2.24, 2.45) is 0 Å². The summed E-state index contributed by atoms with van der Waals surface area (Å²) < 4.78 is 10.1. The summed E-state index contributed by atoms with van der Waals surface area (Å²) in [6, 6.07) is 3.68. The van der Waals surface area contributed by atoms with Crippen molar-refractivity contribution in [2.45, 2.75) is 39.0 Å². The van der Waals surface area contributed by atoms with Crippen molar-refractivity contribution in [2.75, 3.05) is 20.2 Å². The number of carbonyl (C=O) groups excluding carboxylic acids is 1. The van der Waals surface area contributed by atoms with Crippen molar-refractivity contribution < 1.29 is 14.1 Å². The Bertz CT molecular complexity index is 708. The third-order valence-corrected chi connectivity index (χ3v) is 4.24. The van der Waals surface area contributed by atoms with Crippen molar-refractivity contribution in [3.63, 3.8) is 0 Å². The zero-order valence-electron chi connectivity index (χ0n) is 14.3. The van der Waals surface area contributed by atoms with E-state index in [-0.39, 0.29) is 11.8 Å². The average Bonchev–Trinajstić information content (AvgIpc) is 3.21. The lowest BCUT2D eigenvalue weighted by atomic mass is 10.1. The van der Waals surface area contributed by atoms with Crippen LogP contribution < -0.4 is 4.74 Å². The van der Waals surface area contributed by atoms with Crippen molar-refractivity contribution in [3.8, 4) is 5.88 Å². The van der Waals surface area contributed by atoms with Gasteiger partial charge in [0.15, 0.2) is 0 Å². The van der Waals surface area contributed by atoms with Crippen LogP contribution >= 0.6 is 0 Å². The van der Waals surface area contributed by atoms with Crippen LogP contribution in [0.5, 0.6) is 5.88 Å². The molecule has 0 unspecified atom stereocenters. The SMILES string of the molecule is COc1cc(CCC(=O)N2CC[C@H](c3nc(C)cc(C)n3)C2)on1. The third kappa shape index (κ3) is 3.72. The zero-order chi connectivity index (χ0) is 17.1. The van der Waals surface area contributed by atoms with Crippen LogP contribution in [0.4, 0.5) is 0 Å². The molecule has 0 bridgehead atoms. The van der Waals surface area contributed by atoms with Crippen LogP contribution in [-0.2, 0) is 11.2 Å². The van der Waals surface area contributed by atoms with Gasteiger partial charge in [-0.25, -0.2) is 9.97 Å². The first-order valence-electron chi connectivity index (χ1n) is 8.14. The van der Waals surface area contributed by atoms with Crippen molar-refractivity contribution in [1.29, 1.82) is 0 Å². The van der Waals surface area contributed by atoms with E-state index in [2.05, 4.69) is 15.1 Å². The quantitative estimate of drug-likeness (QED) is 0.834. The van der Waals surface area contributed by atoms with E-state index in [1.165, 1.54) is 7.11 Å². The average molecular weight is 330 g/mol. The molecule has 0 aromatic carbocycles. The number of carbonyl (C=O) groups is 1. The molecule has 128 valence electrons. The summed E-state index contributed by atoms with van der Waals surface area (Å²) in [4.78, 5) is 23.3. The van der Waals surface area contributed by atoms with E-state index >= 15 is 0 Å². The lowest BCUT2D eigenvalue weighted by Gasteiger charge is -2.16. The minimum atomic E-state index is 0.122. The lowest BCUT2D eigenvalue weighted by molar-refractivity contribution is -0.130. The molecule has 3 rings (SSSR count). The molecule has 0 aliphatic carbocycles. The number of hydrogen-bond acceptors (Lipinski definition) is 6. The number of nitrogens with zero attached hydrogens (tertiary/aromatic N) is 4. The first-order valence-corrected chi connectivity index (χ1v) is 8.14. The minimum Gasteiger partial charge on any atom is -0.479 e. The Labute approximate surface area is 141 Å². The normalized spacial score (nSPS) is 17.3. The zero-order valence-corrected chi connectivity index (χ0v) is 14.3. The number of methoxy groups -OCH3 is 1. The van der Waals surface area contributed by atoms with E-state index in [1.54, 1.807) is 6.07 Å². The Hall–Kier alpha value is -2.44. The fraction of sp³-hybridized carbons (Fsp3) is 0.529. The second-order valence-electron chi connectivity index (χ2n) is 6.17. The summed E-state index contributed by atoms with van der Waals surface area (Å²) in [5, 5.41) is 3.74. The van der Waals surface area contributed by atoms with Gasteiger partial charge in [0.25, 0.3) is 5.88 Å². The van der Waals surface area contributed by atoms with Crippen LogP contribution in [0.1, 0.15) is 41.7 Å². The van der Waals surface area contributed by atoms with Gasteiger partial charge in [0, 0.05) is 49.3 Å². The number of rotatable bonds is 5. The highest BCUT2D eigenvalue weighted by Crippen LogP contribution is 2.26. The summed E-state index contributed by atoms with van der Waals surface area (Å²) in [5.74, 6) is 2.29. The molecule has 7 heteroatoms. The van der Waals surface area contributed by atoms with Gasteiger partial charge in [0.05, 0.1) is 7.11 Å². The molecule has 0 saturated carbocycles. The van der Waals surface area contributed by atoms with Gasteiger partial charge < -0.3 is 14.2 Å². The number of likely N-dealkylation sites (tertiary alicyclic amines) is 1. The Morgan fingerprint density at radius 2 is 2.08 bits per heavy atom. The fourth-order valence-corrected chi connectivity index (χ4v) is 3.03. The van der Waals surface area contributed by atoms with Crippen LogP contribution in [0.15, 0.2) is 16.7 Å². The highest BCUT2D eigenvalue weighted by atomic mass is 16.5. The number of aromatic nitrogens is 3. The van der Waals surface area contributed by atoms with E-state index in [9.17, 15) is 4.79 Å². The highest BCUT2D eigenvalue weighted by molar-refractivity contribution is 5.76. The first kappa shape index (κ1) is 16.4. The molecule has 24 heavy (non-hydrogen) atoms. The summed E-state index contributed by atoms with van der Waals surface area (Å²) in [7, 11) is 1.53. The van der Waals surface area contributed by atoms with Crippen LogP contribution in [0.3, 0.4) is 0 Å². The van der Waals surface area contributed by atoms with Gasteiger partial charge in [-0.15, -0.1) is 0 Å². The Morgan fingerprint density at radius 1 is 1.33 bits per heavy atom. The Morgan fingerprint density at radius 3 is 2.75 bits per heavy atom. The Balaban J connectivity index is 1.55. The summed E-state index contributed by atoms with van der Waals surface area (Å²) in [5.41, 5.74) is 1.95. The van der Waals surface area contributed by atoms with Crippen molar-refractivity contribution in [1.82, 2.24) is 20.0 Å². The standard InChI is InChI=1S/C17H22N4O3/c1-11-8-12(2)19-17(18-11)13-6-7-21(10-13)16(22)5-4-14-9-15(23-3)20-24-14/h8-9,13H,4-7,10H2,1-3H3/t13-/m0/s1. The maximum absolute atomic E-state index is 12.4. The number of hydrogen-bond donors (Lipinski definition) is 0. The van der Waals surface area contributed by atoms with Gasteiger partial charge in [0.2, 0.25) is 5.91 Å². The Kier molecular flexibility index (Phi) is 4.78. The predicted molar refractivity (Wildman–Crippen MR) is 86.8 cm³/mol. The molecule has 2 aromatic heterocycles. The van der Waals surface area contributed by atoms with Gasteiger partial charge in [-0.3, -0.25) is 4.79 Å². The number of aryl methyl sites for hydroxylation is 3. The van der Waals surface area contributed by atoms with E-state index in [4.69, 9.17) is 9.26 Å². The summed E-state index contributed by atoms with van der Waals surface area (Å²) in [6.07, 6.45) is 1.83. The van der Waals surface area contributed by atoms with E-state index < -0.39 is 0 Å². The lowest BCUT2D eigenvalue weighted by Crippen LogP contribution is -2.28. The molecule has 1 saturated heterocycles. The van der Waals surface area contributed by atoms with E-state index in [1.807, 2.05) is 24.8 Å². The smallest absolute Gasteiger partial charge is 0.254 e. The van der Waals surface area contributed by atoms with Crippen LogP contribution in [-0.4, -0.2) is 46.1 Å². The fourth-order valence-electron chi connectivity index (χ4n) is 3.03. The predicted octanol–water partition coefficient (Wildman–Crippen LogP) is 2.04. The van der Waals surface area contributed by atoms with Crippen molar-refractivity contribution >= 4 is 5.91 Å². The van der Waals surface area contributed by atoms with Crippen LogP contribution in [0, 0.1) is 13.8 Å². The van der Waals surface area contributed by atoms with Gasteiger partial charge >= 0.3 is 0 Å². The molecule has 1 amide bonds. The van der Waals surface area contributed by atoms with E-state index in [0.717, 1.165) is 30.2 Å². The molecule has 1 atom stereocenters. The first-order chi connectivity index (χ1) is 11.5. The largest absolute Gasteiger partial charge is 0.479 e. The molecular weight excluding hydrogens is 308 g/mol. The molecule has 1 aliphatic rings. The summed E-state index contributed by atoms with van der Waals surface area (Å²) in [6.45, 7) is 5.38. The summed E-state index contributed by atoms with van der Waals surface area (Å²) >= 11 is 0. The van der Waals surface area contributed by atoms with E-state index in [0.29, 0.717) is 31.0 Å². The molecule has 0 spiro atoms. The maximum atomic E-state index is 12.4. The second kappa shape index (κ2) is 6.98. The molecule has 0 N–H and O–H groups in total. The van der Waals surface area contributed by atoms with Gasteiger partial charge in [-0.1, -0.05) is 0 Å². The number of ether oxygens (including phenoxy) is 1. The van der Waals surface area contributed by atoms with Gasteiger partial charge in [-0.05, 0) is 31.5 Å². The van der Waals surface area contributed by atoms with Crippen molar-refractivity contribution in [3.05, 3.63) is 35.1 Å². The monoisotopic (exact) mass is 330 g/mol. The van der Waals surface area contributed by atoms with Gasteiger partial charge in [-0.2, -0.15) is 0 Å². The van der Waals surface area contributed by atoms with Crippen LogP contribution in [0.25, 0.3) is 0 Å². The minimum absolute atomic E-state index is 0.122. The van der Waals surface area contributed by atoms with Gasteiger partial charge in [0.1, 0.15) is 11.6 Å². The number of amides is 1. The molecule has 3 heterocycles. The van der Waals surface area contributed by atoms with Crippen LogP contribution in [0.2, 0.25) is 0 Å². The third-order valence-electron chi connectivity index (χ3n) is 4.24. The molecule has 0 radical (unpaired) electrons. The second-order valence-corrected chi connectivity index (χ2v) is 6.17. The molecule has 1 fully saturated rings. The highest BCUT2D eigenvalue weighted by Gasteiger charge is 2.29.